The molecule has 24 heavy (non-hydrogen) atoms. The molecule has 2 heterocycles. The summed E-state index contributed by atoms with van der Waals surface area (Å²) in [7, 11) is 0. The van der Waals surface area contributed by atoms with Crippen molar-refractivity contribution in [2.75, 3.05) is 32.7 Å². The largest absolute Gasteiger partial charge is 0.467 e. The molecule has 3 N–H and O–H groups in total. The van der Waals surface area contributed by atoms with Gasteiger partial charge in [-0.2, -0.15) is 0 Å². The van der Waals surface area contributed by atoms with Gasteiger partial charge < -0.3 is 19.5 Å². The van der Waals surface area contributed by atoms with Gasteiger partial charge in [0, 0.05) is 5.56 Å². The van der Waals surface area contributed by atoms with Gasteiger partial charge in [0.25, 0.3) is 5.91 Å². The lowest BCUT2D eigenvalue weighted by molar-refractivity contribution is -1.02. The van der Waals surface area contributed by atoms with Crippen LogP contribution < -0.4 is 15.1 Å². The third kappa shape index (κ3) is 4.69. The number of amides is 1. The molecule has 1 aromatic heterocycles. The Hall–Kier alpha value is -2.11. The normalized spacial score (nSPS) is 22.0. The first-order valence-electron chi connectivity index (χ1n) is 8.74. The van der Waals surface area contributed by atoms with Crippen molar-refractivity contribution in [2.24, 2.45) is 0 Å². The van der Waals surface area contributed by atoms with Crippen molar-refractivity contribution in [1.82, 2.24) is 5.32 Å². The molecule has 1 aromatic carbocycles. The van der Waals surface area contributed by atoms with Crippen LogP contribution in [0.4, 0.5) is 0 Å². The second-order valence-electron chi connectivity index (χ2n) is 6.64. The maximum absolute atomic E-state index is 12.2. The van der Waals surface area contributed by atoms with Gasteiger partial charge in [-0.15, -0.1) is 0 Å². The number of furan rings is 1. The molecular formula is C19H27N3O2+2. The Morgan fingerprint density at radius 1 is 1.08 bits per heavy atom. The summed E-state index contributed by atoms with van der Waals surface area (Å²) in [4.78, 5) is 15.2. The van der Waals surface area contributed by atoms with Crippen LogP contribution in [0.15, 0.2) is 53.1 Å². The first kappa shape index (κ1) is 16.7. The van der Waals surface area contributed by atoms with E-state index in [1.165, 1.54) is 10.5 Å². The quantitative estimate of drug-likeness (QED) is 0.666. The van der Waals surface area contributed by atoms with E-state index in [2.05, 4.69) is 35.6 Å². The zero-order chi connectivity index (χ0) is 16.8. The molecule has 0 bridgehead atoms. The van der Waals surface area contributed by atoms with Crippen molar-refractivity contribution >= 4 is 5.91 Å². The summed E-state index contributed by atoms with van der Waals surface area (Å²) in [6.07, 6.45) is 1.64. The van der Waals surface area contributed by atoms with E-state index in [1.807, 2.05) is 19.1 Å². The second kappa shape index (κ2) is 8.13. The Labute approximate surface area is 143 Å². The van der Waals surface area contributed by atoms with E-state index in [1.54, 1.807) is 11.2 Å². The van der Waals surface area contributed by atoms with Crippen LogP contribution in [0.25, 0.3) is 0 Å². The topological polar surface area (TPSA) is 51.1 Å². The number of piperazine rings is 1. The highest BCUT2D eigenvalue weighted by atomic mass is 16.3. The van der Waals surface area contributed by atoms with Crippen LogP contribution in [0, 0.1) is 0 Å². The first-order chi connectivity index (χ1) is 11.7. The van der Waals surface area contributed by atoms with Gasteiger partial charge in [0.15, 0.2) is 6.54 Å². The number of benzene rings is 1. The van der Waals surface area contributed by atoms with Gasteiger partial charge in [-0.05, 0) is 19.1 Å². The first-order valence-corrected chi connectivity index (χ1v) is 8.74. The molecule has 128 valence electrons. The highest BCUT2D eigenvalue weighted by molar-refractivity contribution is 5.77. The van der Waals surface area contributed by atoms with E-state index in [9.17, 15) is 4.79 Å². The molecule has 5 nitrogen and oxygen atoms in total. The zero-order valence-electron chi connectivity index (χ0n) is 14.3. The number of quaternary nitrogens is 2. The number of carbonyl (C=O) groups excluding carboxylic acids is 1. The fourth-order valence-electron chi connectivity index (χ4n) is 3.32. The summed E-state index contributed by atoms with van der Waals surface area (Å²) in [5, 5.41) is 3.02. The lowest BCUT2D eigenvalue weighted by atomic mass is 10.2. The van der Waals surface area contributed by atoms with Gasteiger partial charge in [0.05, 0.1) is 12.3 Å². The van der Waals surface area contributed by atoms with Crippen LogP contribution in [0.1, 0.15) is 24.3 Å². The summed E-state index contributed by atoms with van der Waals surface area (Å²) in [5.74, 6) is 0.899. The van der Waals surface area contributed by atoms with Crippen molar-refractivity contribution in [3.05, 3.63) is 60.1 Å². The molecule has 0 saturated carbocycles. The Kier molecular flexibility index (Phi) is 5.67. The molecular weight excluding hydrogens is 302 g/mol. The Bertz CT molecular complexity index is 619. The molecule has 5 heteroatoms. The minimum Gasteiger partial charge on any atom is -0.467 e. The number of nitrogens with one attached hydrogen (secondary N) is 3. The molecule has 1 atom stereocenters. The van der Waals surface area contributed by atoms with Crippen molar-refractivity contribution in [3.63, 3.8) is 0 Å². The van der Waals surface area contributed by atoms with Crippen LogP contribution in [0.3, 0.4) is 0 Å². The van der Waals surface area contributed by atoms with Crippen molar-refractivity contribution < 1.29 is 19.0 Å². The smallest absolute Gasteiger partial charge is 0.275 e. The Morgan fingerprint density at radius 2 is 1.79 bits per heavy atom. The van der Waals surface area contributed by atoms with Gasteiger partial charge in [0.1, 0.15) is 38.5 Å². The third-order valence-corrected chi connectivity index (χ3v) is 4.72. The van der Waals surface area contributed by atoms with Crippen molar-refractivity contribution in [2.45, 2.75) is 19.5 Å². The van der Waals surface area contributed by atoms with Gasteiger partial charge in [-0.3, -0.25) is 4.79 Å². The third-order valence-electron chi connectivity index (χ3n) is 4.72. The lowest BCUT2D eigenvalue weighted by Crippen LogP contribution is -3.28. The second-order valence-corrected chi connectivity index (χ2v) is 6.64. The molecule has 2 aromatic rings. The fraction of sp³-hybridized carbons (Fsp3) is 0.421. The van der Waals surface area contributed by atoms with Crippen LogP contribution in [-0.4, -0.2) is 38.6 Å². The van der Waals surface area contributed by atoms with Gasteiger partial charge >= 0.3 is 0 Å². The van der Waals surface area contributed by atoms with E-state index in [4.69, 9.17) is 4.42 Å². The fourth-order valence-corrected chi connectivity index (χ4v) is 3.32. The predicted molar refractivity (Wildman–Crippen MR) is 91.7 cm³/mol. The maximum Gasteiger partial charge on any atom is 0.275 e. The van der Waals surface area contributed by atoms with Crippen LogP contribution >= 0.6 is 0 Å². The SMILES string of the molecule is C[C@H](NC(=O)C[NH+]1CC[NH+](Cc2ccccc2)CC1)c1ccco1. The summed E-state index contributed by atoms with van der Waals surface area (Å²) in [5.41, 5.74) is 1.39. The average molecular weight is 329 g/mol. The van der Waals surface area contributed by atoms with E-state index in [0.717, 1.165) is 38.5 Å². The van der Waals surface area contributed by atoms with E-state index < -0.39 is 0 Å². The number of rotatable bonds is 6. The van der Waals surface area contributed by atoms with Crippen molar-refractivity contribution in [3.8, 4) is 0 Å². The zero-order valence-corrected chi connectivity index (χ0v) is 14.3. The van der Waals surface area contributed by atoms with E-state index >= 15 is 0 Å². The molecule has 1 amide bonds. The van der Waals surface area contributed by atoms with E-state index in [0.29, 0.717) is 6.54 Å². The molecule has 0 radical (unpaired) electrons. The number of hydrogen-bond donors (Lipinski definition) is 3. The number of hydrogen-bond acceptors (Lipinski definition) is 2. The molecule has 0 unspecified atom stereocenters. The maximum atomic E-state index is 12.2. The number of carbonyl (C=O) groups is 1. The average Bonchev–Trinajstić information content (AvgIpc) is 3.12. The minimum absolute atomic E-state index is 0.0723. The lowest BCUT2D eigenvalue weighted by Gasteiger charge is -2.29. The van der Waals surface area contributed by atoms with Gasteiger partial charge in [-0.25, -0.2) is 0 Å². The minimum atomic E-state index is -0.0723. The van der Waals surface area contributed by atoms with Crippen molar-refractivity contribution in [1.29, 1.82) is 0 Å². The molecule has 1 aliphatic heterocycles. The molecule has 1 aliphatic rings. The highest BCUT2D eigenvalue weighted by Crippen LogP contribution is 2.11. The summed E-state index contributed by atoms with van der Waals surface area (Å²) in [6, 6.07) is 14.3. The van der Waals surface area contributed by atoms with E-state index in [-0.39, 0.29) is 11.9 Å². The monoisotopic (exact) mass is 329 g/mol. The molecule has 3 rings (SSSR count). The molecule has 1 fully saturated rings. The summed E-state index contributed by atoms with van der Waals surface area (Å²) >= 11 is 0. The Morgan fingerprint density at radius 3 is 2.46 bits per heavy atom. The molecule has 1 saturated heterocycles. The van der Waals surface area contributed by atoms with Crippen LogP contribution in [0.2, 0.25) is 0 Å². The molecule has 0 aliphatic carbocycles. The van der Waals surface area contributed by atoms with Crippen LogP contribution in [0.5, 0.6) is 0 Å². The van der Waals surface area contributed by atoms with Crippen LogP contribution in [-0.2, 0) is 11.3 Å². The predicted octanol–water partition coefficient (Wildman–Crippen LogP) is -0.560. The molecule has 0 spiro atoms. The Balaban J connectivity index is 1.39. The van der Waals surface area contributed by atoms with Gasteiger partial charge in [0.2, 0.25) is 0 Å². The summed E-state index contributed by atoms with van der Waals surface area (Å²) < 4.78 is 5.33. The highest BCUT2D eigenvalue weighted by Gasteiger charge is 2.25. The summed E-state index contributed by atoms with van der Waals surface area (Å²) in [6.45, 7) is 7.90. The van der Waals surface area contributed by atoms with Gasteiger partial charge in [-0.1, -0.05) is 30.3 Å². The standard InChI is InChI=1S/C19H25N3O2/c1-16(18-8-5-13-24-18)20-19(23)15-22-11-9-21(10-12-22)14-17-6-3-2-4-7-17/h2-8,13,16H,9-12,14-15H2,1H3,(H,20,23)/p+2/t16-/m0/s1.